The zero-order valence-corrected chi connectivity index (χ0v) is 18.2. The van der Waals surface area contributed by atoms with Crippen molar-refractivity contribution in [3.05, 3.63) is 29.8 Å². The minimum absolute atomic E-state index is 0.0144. The highest BCUT2D eigenvalue weighted by atomic mass is 16.5. The molecule has 3 rings (SSSR count). The molecule has 7 nitrogen and oxygen atoms in total. The maximum absolute atomic E-state index is 12.4. The van der Waals surface area contributed by atoms with Crippen molar-refractivity contribution < 1.29 is 14.3 Å². The van der Waals surface area contributed by atoms with Crippen LogP contribution < -0.4 is 10.6 Å². The molecule has 1 aromatic rings. The van der Waals surface area contributed by atoms with E-state index >= 15 is 0 Å². The maximum atomic E-state index is 12.4. The molecule has 30 heavy (non-hydrogen) atoms. The molecule has 1 saturated heterocycles. The number of hydrogen-bond acceptors (Lipinski definition) is 4. The molecule has 0 atom stereocenters. The lowest BCUT2D eigenvalue weighted by atomic mass is 9.97. The second-order valence-electron chi connectivity index (χ2n) is 8.09. The second kappa shape index (κ2) is 11.0. The molecule has 1 heterocycles. The van der Waals surface area contributed by atoms with Crippen LogP contribution in [0.25, 0.3) is 0 Å². The fourth-order valence-electron chi connectivity index (χ4n) is 4.29. The summed E-state index contributed by atoms with van der Waals surface area (Å²) in [5.41, 5.74) is 1.93. The van der Waals surface area contributed by atoms with Crippen molar-refractivity contribution in [2.24, 2.45) is 16.8 Å². The number of aliphatic imine (C=N–C) groups is 1. The third kappa shape index (κ3) is 5.97. The fourth-order valence-corrected chi connectivity index (χ4v) is 4.29. The van der Waals surface area contributed by atoms with Gasteiger partial charge in [-0.15, -0.1) is 0 Å². The Hall–Kier alpha value is -2.57. The zero-order chi connectivity index (χ0) is 21.3. The molecule has 1 aliphatic heterocycles. The SMILES string of the molecule is CCOC(=O)C1CCN(C(=NC)NCc2cccc(NC(=O)C3CCCC3)c2)CC1. The molecule has 1 saturated carbocycles. The Balaban J connectivity index is 1.49. The van der Waals surface area contributed by atoms with E-state index in [1.165, 1.54) is 0 Å². The molecule has 1 aliphatic carbocycles. The molecule has 0 radical (unpaired) electrons. The molecule has 0 bridgehead atoms. The summed E-state index contributed by atoms with van der Waals surface area (Å²) in [6.07, 6.45) is 5.85. The molecule has 0 spiro atoms. The molecule has 2 aliphatic rings. The first-order valence-corrected chi connectivity index (χ1v) is 11.1. The van der Waals surface area contributed by atoms with E-state index in [0.717, 1.165) is 68.8 Å². The number of guanidine groups is 1. The van der Waals surface area contributed by atoms with Crippen LogP contribution in [0.3, 0.4) is 0 Å². The van der Waals surface area contributed by atoms with Gasteiger partial charge in [0.1, 0.15) is 0 Å². The fraction of sp³-hybridized carbons (Fsp3) is 0.609. The first kappa shape index (κ1) is 22.1. The first-order valence-electron chi connectivity index (χ1n) is 11.1. The number of anilines is 1. The van der Waals surface area contributed by atoms with Crippen LogP contribution in [0.4, 0.5) is 5.69 Å². The van der Waals surface area contributed by atoms with Crippen molar-refractivity contribution in [3.8, 4) is 0 Å². The van der Waals surface area contributed by atoms with Crippen LogP contribution >= 0.6 is 0 Å². The highest BCUT2D eigenvalue weighted by Crippen LogP contribution is 2.26. The summed E-state index contributed by atoms with van der Waals surface area (Å²) in [7, 11) is 1.78. The van der Waals surface area contributed by atoms with E-state index in [-0.39, 0.29) is 23.7 Å². The summed E-state index contributed by atoms with van der Waals surface area (Å²) < 4.78 is 5.15. The Bertz CT molecular complexity index is 751. The van der Waals surface area contributed by atoms with Gasteiger partial charge in [0.2, 0.25) is 5.91 Å². The number of nitrogens with one attached hydrogen (secondary N) is 2. The van der Waals surface area contributed by atoms with Gasteiger partial charge >= 0.3 is 5.97 Å². The van der Waals surface area contributed by atoms with Gasteiger partial charge in [-0.05, 0) is 50.3 Å². The third-order valence-corrected chi connectivity index (χ3v) is 6.00. The van der Waals surface area contributed by atoms with Crippen LogP contribution in [-0.4, -0.2) is 49.5 Å². The van der Waals surface area contributed by atoms with Crippen LogP contribution in [0.5, 0.6) is 0 Å². The number of amides is 1. The summed E-state index contributed by atoms with van der Waals surface area (Å²) in [4.78, 5) is 30.9. The van der Waals surface area contributed by atoms with Crippen molar-refractivity contribution >= 4 is 23.5 Å². The summed E-state index contributed by atoms with van der Waals surface area (Å²) in [5.74, 6) is 1.02. The van der Waals surface area contributed by atoms with E-state index in [4.69, 9.17) is 4.74 Å². The third-order valence-electron chi connectivity index (χ3n) is 6.00. The van der Waals surface area contributed by atoms with Crippen LogP contribution in [-0.2, 0) is 20.9 Å². The predicted molar refractivity (Wildman–Crippen MR) is 118 cm³/mol. The van der Waals surface area contributed by atoms with Crippen molar-refractivity contribution in [1.82, 2.24) is 10.2 Å². The quantitative estimate of drug-likeness (QED) is 0.424. The van der Waals surface area contributed by atoms with Crippen molar-refractivity contribution in [2.75, 3.05) is 32.1 Å². The van der Waals surface area contributed by atoms with Gasteiger partial charge in [-0.2, -0.15) is 0 Å². The second-order valence-corrected chi connectivity index (χ2v) is 8.09. The van der Waals surface area contributed by atoms with Crippen molar-refractivity contribution in [2.45, 2.75) is 52.0 Å². The van der Waals surface area contributed by atoms with Crippen LogP contribution in [0.1, 0.15) is 51.0 Å². The van der Waals surface area contributed by atoms with E-state index < -0.39 is 0 Å². The number of esters is 1. The Morgan fingerprint density at radius 2 is 1.87 bits per heavy atom. The first-order chi connectivity index (χ1) is 14.6. The number of ether oxygens (including phenoxy) is 1. The molecular formula is C23H34N4O3. The monoisotopic (exact) mass is 414 g/mol. The standard InChI is InChI=1S/C23H34N4O3/c1-3-30-22(29)19-11-13-27(14-12-19)23(24-2)25-16-17-7-6-10-20(15-17)26-21(28)18-8-4-5-9-18/h6-7,10,15,18-19H,3-5,8-9,11-14,16H2,1-2H3,(H,24,25)(H,26,28). The van der Waals surface area contributed by atoms with Crippen LogP contribution in [0, 0.1) is 11.8 Å². The van der Waals surface area contributed by atoms with Crippen molar-refractivity contribution in [3.63, 3.8) is 0 Å². The number of nitrogens with zero attached hydrogens (tertiary/aromatic N) is 2. The van der Waals surface area contributed by atoms with Crippen molar-refractivity contribution in [1.29, 1.82) is 0 Å². The summed E-state index contributed by atoms with van der Waals surface area (Å²) in [6.45, 7) is 4.45. The number of carbonyl (C=O) groups excluding carboxylic acids is 2. The predicted octanol–water partition coefficient (Wildman–Crippen LogP) is 3.17. The van der Waals surface area contributed by atoms with E-state index in [9.17, 15) is 9.59 Å². The van der Waals surface area contributed by atoms with Gasteiger partial charge in [0.25, 0.3) is 0 Å². The summed E-state index contributed by atoms with van der Waals surface area (Å²) in [5, 5.41) is 6.47. The number of hydrogen-bond donors (Lipinski definition) is 2. The number of likely N-dealkylation sites (tertiary alicyclic amines) is 1. The Morgan fingerprint density at radius 1 is 1.13 bits per heavy atom. The zero-order valence-electron chi connectivity index (χ0n) is 18.2. The summed E-state index contributed by atoms with van der Waals surface area (Å²) >= 11 is 0. The molecule has 1 amide bonds. The molecule has 7 heteroatoms. The average Bonchev–Trinajstić information content (AvgIpc) is 3.30. The van der Waals surface area contributed by atoms with Gasteiger partial charge in [-0.3, -0.25) is 14.6 Å². The number of benzene rings is 1. The van der Waals surface area contributed by atoms with E-state index in [1.54, 1.807) is 7.05 Å². The van der Waals surface area contributed by atoms with Gasteiger partial charge < -0.3 is 20.3 Å². The Morgan fingerprint density at radius 3 is 2.53 bits per heavy atom. The molecule has 2 N–H and O–H groups in total. The molecule has 0 unspecified atom stereocenters. The van der Waals surface area contributed by atoms with Gasteiger partial charge in [-0.25, -0.2) is 0 Å². The van der Waals surface area contributed by atoms with Gasteiger partial charge in [0, 0.05) is 38.3 Å². The maximum Gasteiger partial charge on any atom is 0.309 e. The van der Waals surface area contributed by atoms with Gasteiger partial charge in [0.15, 0.2) is 5.96 Å². The topological polar surface area (TPSA) is 83.0 Å². The van der Waals surface area contributed by atoms with Gasteiger partial charge in [-0.1, -0.05) is 25.0 Å². The van der Waals surface area contributed by atoms with E-state index in [0.29, 0.717) is 13.2 Å². The highest BCUT2D eigenvalue weighted by molar-refractivity contribution is 5.92. The van der Waals surface area contributed by atoms with Gasteiger partial charge in [0.05, 0.1) is 12.5 Å². The molecule has 2 fully saturated rings. The molecular weight excluding hydrogens is 380 g/mol. The lowest BCUT2D eigenvalue weighted by Gasteiger charge is -2.33. The largest absolute Gasteiger partial charge is 0.466 e. The van der Waals surface area contributed by atoms with Crippen LogP contribution in [0.15, 0.2) is 29.3 Å². The Kier molecular flexibility index (Phi) is 8.11. The molecule has 0 aromatic heterocycles. The number of rotatable bonds is 6. The highest BCUT2D eigenvalue weighted by Gasteiger charge is 2.27. The molecule has 164 valence electrons. The average molecular weight is 415 g/mol. The summed E-state index contributed by atoms with van der Waals surface area (Å²) in [6, 6.07) is 7.96. The van der Waals surface area contributed by atoms with Crippen LogP contribution in [0.2, 0.25) is 0 Å². The smallest absolute Gasteiger partial charge is 0.309 e. The molecule has 1 aromatic carbocycles. The Labute approximate surface area is 179 Å². The number of carbonyl (C=O) groups is 2. The minimum atomic E-state index is -0.0865. The lowest BCUT2D eigenvalue weighted by Crippen LogP contribution is -2.46. The van der Waals surface area contributed by atoms with E-state index in [1.807, 2.05) is 31.2 Å². The van der Waals surface area contributed by atoms with E-state index in [2.05, 4.69) is 20.5 Å². The minimum Gasteiger partial charge on any atom is -0.466 e. The lowest BCUT2D eigenvalue weighted by molar-refractivity contribution is -0.149. The number of piperidine rings is 1. The normalized spacial score (nSPS) is 18.3.